The Morgan fingerprint density at radius 2 is 2.22 bits per heavy atom. The predicted molar refractivity (Wildman–Crippen MR) is 83.8 cm³/mol. The molecule has 0 aliphatic rings. The van der Waals surface area contributed by atoms with Gasteiger partial charge in [0.25, 0.3) is 0 Å². The first-order valence-corrected chi connectivity index (χ1v) is 7.55. The van der Waals surface area contributed by atoms with Gasteiger partial charge in [-0.05, 0) is 40.8 Å². The highest BCUT2D eigenvalue weighted by Crippen LogP contribution is 2.29. The first-order valence-electron chi connectivity index (χ1n) is 5.21. The first kappa shape index (κ1) is 12.2. The lowest BCUT2D eigenvalue weighted by Gasteiger charge is -1.98. The maximum atomic E-state index is 12.4. The standard InChI is InChI=1S/C13H7ClINOS/c14-9-2-1-3-10-12(9)8(5-16-10)13(17)7-4-11(15)18-6-7/h1-6,16H. The van der Waals surface area contributed by atoms with E-state index in [1.54, 1.807) is 23.6 Å². The van der Waals surface area contributed by atoms with Crippen molar-refractivity contribution < 1.29 is 4.79 Å². The number of carbonyl (C=O) groups excluding carboxylic acids is 1. The zero-order chi connectivity index (χ0) is 12.7. The van der Waals surface area contributed by atoms with Crippen molar-refractivity contribution in [2.45, 2.75) is 0 Å². The van der Waals surface area contributed by atoms with Crippen LogP contribution in [0.25, 0.3) is 10.9 Å². The van der Waals surface area contributed by atoms with Crippen LogP contribution in [0.3, 0.4) is 0 Å². The summed E-state index contributed by atoms with van der Waals surface area (Å²) in [6.07, 6.45) is 1.73. The maximum Gasteiger partial charge on any atom is 0.196 e. The Bertz CT molecular complexity index is 746. The fourth-order valence-corrected chi connectivity index (χ4v) is 3.51. The summed E-state index contributed by atoms with van der Waals surface area (Å²) in [5.41, 5.74) is 2.23. The summed E-state index contributed by atoms with van der Waals surface area (Å²) < 4.78 is 1.10. The van der Waals surface area contributed by atoms with Gasteiger partial charge in [-0.1, -0.05) is 17.7 Å². The van der Waals surface area contributed by atoms with E-state index in [2.05, 4.69) is 27.6 Å². The minimum atomic E-state index is 0.00789. The van der Waals surface area contributed by atoms with Gasteiger partial charge >= 0.3 is 0 Å². The SMILES string of the molecule is O=C(c1csc(I)c1)c1c[nH]c2cccc(Cl)c12. The average molecular weight is 388 g/mol. The van der Waals surface area contributed by atoms with Gasteiger partial charge in [-0.2, -0.15) is 0 Å². The Kier molecular flexibility index (Phi) is 3.17. The molecule has 18 heavy (non-hydrogen) atoms. The molecule has 0 spiro atoms. The fourth-order valence-electron chi connectivity index (χ4n) is 1.90. The van der Waals surface area contributed by atoms with Crippen LogP contribution in [0.15, 0.2) is 35.8 Å². The monoisotopic (exact) mass is 387 g/mol. The van der Waals surface area contributed by atoms with E-state index < -0.39 is 0 Å². The van der Waals surface area contributed by atoms with Crippen molar-refractivity contribution in [3.05, 3.63) is 54.9 Å². The number of halogens is 2. The molecule has 3 rings (SSSR count). The van der Waals surface area contributed by atoms with Gasteiger partial charge < -0.3 is 4.98 Å². The number of H-pyrrole nitrogens is 1. The number of aromatic nitrogens is 1. The largest absolute Gasteiger partial charge is 0.360 e. The number of aromatic amines is 1. The number of fused-ring (bicyclic) bond motifs is 1. The van der Waals surface area contributed by atoms with Crippen molar-refractivity contribution in [3.63, 3.8) is 0 Å². The normalized spacial score (nSPS) is 11.0. The van der Waals surface area contributed by atoms with Crippen LogP contribution in [0, 0.1) is 2.88 Å². The van der Waals surface area contributed by atoms with Gasteiger partial charge in [0, 0.05) is 33.6 Å². The highest BCUT2D eigenvalue weighted by molar-refractivity contribution is 14.1. The molecule has 3 aromatic rings. The van der Waals surface area contributed by atoms with Crippen LogP contribution in [0.5, 0.6) is 0 Å². The number of benzene rings is 1. The van der Waals surface area contributed by atoms with E-state index in [0.29, 0.717) is 16.1 Å². The van der Waals surface area contributed by atoms with Crippen molar-refractivity contribution >= 4 is 62.2 Å². The lowest BCUT2D eigenvalue weighted by atomic mass is 10.1. The van der Waals surface area contributed by atoms with Gasteiger partial charge in [-0.25, -0.2) is 0 Å². The average Bonchev–Trinajstić information content (AvgIpc) is 2.95. The zero-order valence-electron chi connectivity index (χ0n) is 9.04. The summed E-state index contributed by atoms with van der Waals surface area (Å²) in [4.78, 5) is 15.5. The second-order valence-corrected chi connectivity index (χ2v) is 7.05. The number of ketones is 1. The Hall–Kier alpha value is -0.850. The van der Waals surface area contributed by atoms with Gasteiger partial charge in [0.15, 0.2) is 5.78 Å². The number of hydrogen-bond donors (Lipinski definition) is 1. The van der Waals surface area contributed by atoms with Crippen LogP contribution in [-0.4, -0.2) is 10.8 Å². The van der Waals surface area contributed by atoms with E-state index in [0.717, 1.165) is 13.8 Å². The Morgan fingerprint density at radius 1 is 1.39 bits per heavy atom. The van der Waals surface area contributed by atoms with E-state index in [-0.39, 0.29) is 5.78 Å². The van der Waals surface area contributed by atoms with E-state index in [1.165, 1.54) is 0 Å². The van der Waals surface area contributed by atoms with E-state index in [4.69, 9.17) is 11.6 Å². The highest BCUT2D eigenvalue weighted by atomic mass is 127. The molecule has 0 fully saturated rings. The summed E-state index contributed by atoms with van der Waals surface area (Å²) in [5.74, 6) is 0.00789. The fraction of sp³-hybridized carbons (Fsp3) is 0. The molecule has 0 radical (unpaired) electrons. The van der Waals surface area contributed by atoms with Crippen molar-refractivity contribution in [1.82, 2.24) is 4.98 Å². The molecule has 2 nitrogen and oxygen atoms in total. The van der Waals surface area contributed by atoms with Gasteiger partial charge in [0.05, 0.1) is 7.91 Å². The third kappa shape index (κ3) is 1.98. The third-order valence-corrected chi connectivity index (χ3v) is 4.83. The van der Waals surface area contributed by atoms with Crippen LogP contribution in [0.1, 0.15) is 15.9 Å². The van der Waals surface area contributed by atoms with E-state index in [1.807, 2.05) is 23.6 Å². The number of hydrogen-bond acceptors (Lipinski definition) is 2. The van der Waals surface area contributed by atoms with Gasteiger partial charge in [-0.15, -0.1) is 11.3 Å². The van der Waals surface area contributed by atoms with Crippen molar-refractivity contribution in [2.24, 2.45) is 0 Å². The lowest BCUT2D eigenvalue weighted by Crippen LogP contribution is -1.98. The minimum absolute atomic E-state index is 0.00789. The Balaban J connectivity index is 2.18. The number of rotatable bonds is 2. The highest BCUT2D eigenvalue weighted by Gasteiger charge is 2.17. The van der Waals surface area contributed by atoms with Crippen LogP contribution >= 0.6 is 45.5 Å². The minimum Gasteiger partial charge on any atom is -0.360 e. The second kappa shape index (κ2) is 4.68. The molecule has 5 heteroatoms. The Labute approximate surface area is 126 Å². The van der Waals surface area contributed by atoms with Crippen LogP contribution in [-0.2, 0) is 0 Å². The molecule has 0 saturated carbocycles. The van der Waals surface area contributed by atoms with Gasteiger partial charge in [0.2, 0.25) is 0 Å². The van der Waals surface area contributed by atoms with Crippen LogP contribution in [0.4, 0.5) is 0 Å². The number of nitrogens with one attached hydrogen (secondary N) is 1. The maximum absolute atomic E-state index is 12.4. The summed E-state index contributed by atoms with van der Waals surface area (Å²) in [6.45, 7) is 0. The van der Waals surface area contributed by atoms with E-state index >= 15 is 0 Å². The summed E-state index contributed by atoms with van der Waals surface area (Å²) >= 11 is 9.94. The number of carbonyl (C=O) groups is 1. The van der Waals surface area contributed by atoms with Gasteiger partial charge in [0.1, 0.15) is 0 Å². The summed E-state index contributed by atoms with van der Waals surface area (Å²) in [6, 6.07) is 7.47. The third-order valence-electron chi connectivity index (χ3n) is 2.73. The molecule has 0 bridgehead atoms. The quantitative estimate of drug-likeness (QED) is 0.501. The summed E-state index contributed by atoms with van der Waals surface area (Å²) in [7, 11) is 0. The molecule has 0 amide bonds. The molecule has 2 aromatic heterocycles. The topological polar surface area (TPSA) is 32.9 Å². The van der Waals surface area contributed by atoms with Gasteiger partial charge in [-0.3, -0.25) is 4.79 Å². The molecule has 90 valence electrons. The van der Waals surface area contributed by atoms with Crippen LogP contribution in [0.2, 0.25) is 5.02 Å². The molecular formula is C13H7ClINOS. The van der Waals surface area contributed by atoms with Crippen molar-refractivity contribution in [2.75, 3.05) is 0 Å². The number of thiophene rings is 1. The van der Waals surface area contributed by atoms with Crippen molar-refractivity contribution in [3.8, 4) is 0 Å². The molecule has 0 saturated heterocycles. The lowest BCUT2D eigenvalue weighted by molar-refractivity contribution is 0.104. The molecule has 1 N–H and O–H groups in total. The summed E-state index contributed by atoms with van der Waals surface area (Å²) in [5, 5.41) is 3.27. The van der Waals surface area contributed by atoms with Crippen LogP contribution < -0.4 is 0 Å². The second-order valence-electron chi connectivity index (χ2n) is 3.83. The molecule has 2 heterocycles. The Morgan fingerprint density at radius 3 is 2.94 bits per heavy atom. The molecule has 0 unspecified atom stereocenters. The molecular weight excluding hydrogens is 381 g/mol. The van der Waals surface area contributed by atoms with Crippen molar-refractivity contribution in [1.29, 1.82) is 0 Å². The zero-order valence-corrected chi connectivity index (χ0v) is 12.8. The smallest absolute Gasteiger partial charge is 0.196 e. The molecule has 0 aliphatic carbocycles. The van der Waals surface area contributed by atoms with E-state index in [9.17, 15) is 4.79 Å². The molecule has 0 atom stereocenters. The predicted octanol–water partition coefficient (Wildman–Crippen LogP) is 4.72. The molecule has 0 aliphatic heterocycles. The molecule has 1 aromatic carbocycles. The first-order chi connectivity index (χ1) is 8.66.